The predicted molar refractivity (Wildman–Crippen MR) is 141 cm³/mol. The molecule has 2 aromatic rings. The van der Waals surface area contributed by atoms with E-state index >= 15 is 0 Å². The van der Waals surface area contributed by atoms with Gasteiger partial charge in [0.2, 0.25) is 11.8 Å². The highest BCUT2D eigenvalue weighted by molar-refractivity contribution is 5.89. The summed E-state index contributed by atoms with van der Waals surface area (Å²) in [6.45, 7) is 2.44. The Morgan fingerprint density at radius 2 is 2.05 bits per heavy atom. The van der Waals surface area contributed by atoms with Gasteiger partial charge in [0.1, 0.15) is 11.8 Å². The number of hydrogen-bond donors (Lipinski definition) is 0. The van der Waals surface area contributed by atoms with Crippen LogP contribution in [0.3, 0.4) is 0 Å². The second kappa shape index (κ2) is 10.7. The minimum atomic E-state index is -0.924. The molecular weight excluding hydrogens is 502 g/mol. The molecule has 2 aromatic heterocycles. The highest BCUT2D eigenvalue weighted by Gasteiger charge is 2.42. The molecule has 5 heterocycles. The van der Waals surface area contributed by atoms with Crippen molar-refractivity contribution in [3.8, 4) is 5.88 Å². The minimum absolute atomic E-state index is 0.0536. The lowest BCUT2D eigenvalue weighted by atomic mass is 10.0. The summed E-state index contributed by atoms with van der Waals surface area (Å²) in [5.41, 5.74) is 3.46. The van der Waals surface area contributed by atoms with E-state index in [0.717, 1.165) is 48.1 Å². The Hall–Kier alpha value is -4.54. The van der Waals surface area contributed by atoms with Crippen molar-refractivity contribution in [2.75, 3.05) is 44.7 Å². The molecule has 0 saturated carbocycles. The first-order chi connectivity index (χ1) is 19.1. The second-order valence-corrected chi connectivity index (χ2v) is 9.54. The number of hydrogen-bond acceptors (Lipinski definition) is 9. The summed E-state index contributed by atoms with van der Waals surface area (Å²) < 4.78 is 22.2. The van der Waals surface area contributed by atoms with Crippen molar-refractivity contribution < 1.29 is 28.5 Å². The number of aromatic nitrogens is 2. The molecular formula is C28H29N5O6. The largest absolute Gasteiger partial charge is 0.481 e. The van der Waals surface area contributed by atoms with E-state index in [4.69, 9.17) is 18.9 Å². The first-order valence-corrected chi connectivity index (χ1v) is 13.0. The third kappa shape index (κ3) is 4.99. The molecule has 11 heteroatoms. The molecule has 0 N–H and O–H groups in total. The van der Waals surface area contributed by atoms with Crippen LogP contribution >= 0.6 is 0 Å². The Bertz CT molecular complexity index is 1420. The molecule has 0 radical (unpaired) electrons. The Morgan fingerprint density at radius 1 is 1.13 bits per heavy atom. The van der Waals surface area contributed by atoms with E-state index in [2.05, 4.69) is 20.9 Å². The third-order valence-corrected chi connectivity index (χ3v) is 7.14. The molecule has 2 saturated heterocycles. The van der Waals surface area contributed by atoms with Crippen LogP contribution in [-0.4, -0.2) is 77.7 Å². The average Bonchev–Trinajstić information content (AvgIpc) is 3.21. The zero-order valence-electron chi connectivity index (χ0n) is 21.6. The predicted octanol–water partition coefficient (Wildman–Crippen LogP) is 3.46. The Labute approximate surface area is 225 Å². The molecule has 202 valence electrons. The highest BCUT2D eigenvalue weighted by Crippen LogP contribution is 2.30. The van der Waals surface area contributed by atoms with E-state index in [1.54, 1.807) is 24.3 Å². The molecule has 2 fully saturated rings. The van der Waals surface area contributed by atoms with Gasteiger partial charge in [-0.15, -0.1) is 0 Å². The zero-order valence-corrected chi connectivity index (χ0v) is 21.6. The third-order valence-electron chi connectivity index (χ3n) is 7.14. The van der Waals surface area contributed by atoms with E-state index in [9.17, 15) is 9.59 Å². The van der Waals surface area contributed by atoms with Crippen LogP contribution in [0.1, 0.15) is 19.3 Å². The standard InChI is InChI=1S/C28H29N5O6/c1-36-24-9-8-20-26(30-24)21(10-11-29-20)31-12-5-13-32(15-14-31)27(34)22-16-33(28(35)39-22)25-18-37-17-23(38-25)19-6-3-2-4-7-19/h2-3,6,8-11,17-18,22H,4-5,7,12-16H2,1H3/t22-/m0/s1. The zero-order chi connectivity index (χ0) is 26.8. The number of allylic oxidation sites excluding steroid dienone is 4. The summed E-state index contributed by atoms with van der Waals surface area (Å²) in [7, 11) is 1.59. The summed E-state index contributed by atoms with van der Waals surface area (Å²) >= 11 is 0. The molecule has 4 aliphatic rings. The van der Waals surface area contributed by atoms with Gasteiger partial charge in [0, 0.05) is 38.4 Å². The first kappa shape index (κ1) is 24.8. The molecule has 0 aromatic carbocycles. The number of carbonyl (C=O) groups excluding carboxylic acids is 2. The van der Waals surface area contributed by atoms with Gasteiger partial charge in [-0.3, -0.25) is 9.78 Å². The maximum atomic E-state index is 13.4. The van der Waals surface area contributed by atoms with Crippen LogP contribution in [0.2, 0.25) is 0 Å². The topological polar surface area (TPSA) is 107 Å². The summed E-state index contributed by atoms with van der Waals surface area (Å²) in [5, 5.41) is 0. The van der Waals surface area contributed by atoms with Gasteiger partial charge < -0.3 is 28.7 Å². The number of amides is 2. The Balaban J connectivity index is 1.10. The normalized spacial score (nSPS) is 21.4. The quantitative estimate of drug-likeness (QED) is 0.573. The van der Waals surface area contributed by atoms with Gasteiger partial charge in [-0.2, -0.15) is 0 Å². The summed E-state index contributed by atoms with van der Waals surface area (Å²) in [6.07, 6.45) is 11.5. The number of ether oxygens (including phenoxy) is 4. The molecule has 2 amide bonds. The molecule has 1 atom stereocenters. The smallest absolute Gasteiger partial charge is 0.417 e. The van der Waals surface area contributed by atoms with Crippen LogP contribution in [0.5, 0.6) is 5.88 Å². The number of methoxy groups -OCH3 is 1. The molecule has 39 heavy (non-hydrogen) atoms. The van der Waals surface area contributed by atoms with Crippen molar-refractivity contribution in [3.05, 3.63) is 72.4 Å². The van der Waals surface area contributed by atoms with Crippen molar-refractivity contribution >= 4 is 28.7 Å². The van der Waals surface area contributed by atoms with Gasteiger partial charge in [0.25, 0.3) is 5.91 Å². The molecule has 11 nitrogen and oxygen atoms in total. The molecule has 1 aliphatic carbocycles. The molecule has 0 unspecified atom stereocenters. The number of cyclic esters (lactones) is 1. The number of pyridine rings is 2. The maximum Gasteiger partial charge on any atom is 0.417 e. The van der Waals surface area contributed by atoms with E-state index in [1.807, 2.05) is 24.3 Å². The number of fused-ring (bicyclic) bond motifs is 1. The van der Waals surface area contributed by atoms with Crippen LogP contribution in [0, 0.1) is 0 Å². The van der Waals surface area contributed by atoms with E-state index in [-0.39, 0.29) is 18.3 Å². The number of nitrogens with zero attached hydrogens (tertiary/aromatic N) is 5. The lowest BCUT2D eigenvalue weighted by Gasteiger charge is -2.25. The number of anilines is 1. The lowest BCUT2D eigenvalue weighted by molar-refractivity contribution is -0.138. The van der Waals surface area contributed by atoms with Crippen molar-refractivity contribution in [3.63, 3.8) is 0 Å². The van der Waals surface area contributed by atoms with Crippen LogP contribution in [0.15, 0.2) is 72.4 Å². The molecule has 3 aliphatic heterocycles. The first-order valence-electron chi connectivity index (χ1n) is 13.0. The monoisotopic (exact) mass is 531 g/mol. The van der Waals surface area contributed by atoms with Crippen LogP contribution < -0.4 is 9.64 Å². The summed E-state index contributed by atoms with van der Waals surface area (Å²) in [4.78, 5) is 40.4. The van der Waals surface area contributed by atoms with Crippen molar-refractivity contribution in [2.45, 2.75) is 25.4 Å². The fraction of sp³-hybridized carbons (Fsp3) is 0.357. The number of carbonyl (C=O) groups is 2. The fourth-order valence-corrected chi connectivity index (χ4v) is 5.10. The van der Waals surface area contributed by atoms with E-state index in [0.29, 0.717) is 31.3 Å². The van der Waals surface area contributed by atoms with Crippen molar-refractivity contribution in [1.29, 1.82) is 0 Å². The highest BCUT2D eigenvalue weighted by atomic mass is 16.6. The Morgan fingerprint density at radius 3 is 2.90 bits per heavy atom. The number of rotatable bonds is 5. The SMILES string of the molecule is COc1ccc2nccc(N3CCCN(C(=O)[C@@H]4CN(C5=COC=C(C6=CC=CCC6)O5)C(=O)O4)CC3)c2n1. The minimum Gasteiger partial charge on any atom is -0.481 e. The molecule has 0 bridgehead atoms. The maximum absolute atomic E-state index is 13.4. The average molecular weight is 532 g/mol. The van der Waals surface area contributed by atoms with Gasteiger partial charge in [-0.05, 0) is 37.0 Å². The van der Waals surface area contributed by atoms with Crippen molar-refractivity contribution in [1.82, 2.24) is 19.8 Å². The van der Waals surface area contributed by atoms with Crippen molar-refractivity contribution in [2.24, 2.45) is 0 Å². The van der Waals surface area contributed by atoms with Gasteiger partial charge in [-0.25, -0.2) is 14.7 Å². The second-order valence-electron chi connectivity index (χ2n) is 9.54. The van der Waals surface area contributed by atoms with Crippen LogP contribution in [0.4, 0.5) is 10.5 Å². The fourth-order valence-electron chi connectivity index (χ4n) is 5.10. The molecule has 0 spiro atoms. The van der Waals surface area contributed by atoms with Gasteiger partial charge >= 0.3 is 6.09 Å². The summed E-state index contributed by atoms with van der Waals surface area (Å²) in [5.74, 6) is 1.05. The Kier molecular flexibility index (Phi) is 6.78. The van der Waals surface area contributed by atoms with Crippen LogP contribution in [0.25, 0.3) is 11.0 Å². The van der Waals surface area contributed by atoms with Gasteiger partial charge in [0.05, 0.1) is 24.9 Å². The van der Waals surface area contributed by atoms with E-state index < -0.39 is 12.2 Å². The van der Waals surface area contributed by atoms with Gasteiger partial charge in [0.15, 0.2) is 18.1 Å². The summed E-state index contributed by atoms with van der Waals surface area (Å²) in [6, 6.07) is 5.61. The lowest BCUT2D eigenvalue weighted by Crippen LogP contribution is -2.43. The van der Waals surface area contributed by atoms with Crippen LogP contribution in [-0.2, 0) is 19.0 Å². The molecule has 6 rings (SSSR count). The van der Waals surface area contributed by atoms with E-state index in [1.165, 1.54) is 17.4 Å². The van der Waals surface area contributed by atoms with Gasteiger partial charge in [-0.1, -0.05) is 18.2 Å².